The fourth-order valence-corrected chi connectivity index (χ4v) is 2.20. The molecule has 6 heteroatoms. The Bertz CT molecular complexity index is 538. The first-order valence-electron chi connectivity index (χ1n) is 6.74. The van der Waals surface area contributed by atoms with Crippen molar-refractivity contribution < 1.29 is 9.59 Å². The third-order valence-corrected chi connectivity index (χ3v) is 3.35. The predicted molar refractivity (Wildman–Crippen MR) is 85.2 cm³/mol. The van der Waals surface area contributed by atoms with E-state index in [0.29, 0.717) is 17.1 Å². The van der Waals surface area contributed by atoms with Crippen LogP contribution in [-0.2, 0) is 4.79 Å². The number of carbonyl (C=O) groups excluding carboxylic acids is 2. The molecule has 2 amide bonds. The first kappa shape index (κ1) is 17.5. The van der Waals surface area contributed by atoms with Crippen LogP contribution in [0.25, 0.3) is 0 Å². The van der Waals surface area contributed by atoms with Gasteiger partial charge in [0.1, 0.15) is 0 Å². The van der Waals surface area contributed by atoms with Crippen molar-refractivity contribution in [1.82, 2.24) is 0 Å². The third kappa shape index (κ3) is 5.36. The van der Waals surface area contributed by atoms with Crippen LogP contribution in [0.3, 0.4) is 0 Å². The molecular weight excluding hydrogens is 290 g/mol. The van der Waals surface area contributed by atoms with Gasteiger partial charge >= 0.3 is 0 Å². The molecule has 0 saturated heterocycles. The molecule has 0 bridgehead atoms. The lowest BCUT2D eigenvalue weighted by Gasteiger charge is -2.24. The van der Waals surface area contributed by atoms with Crippen LogP contribution in [0, 0.1) is 11.3 Å². The van der Waals surface area contributed by atoms with Crippen molar-refractivity contribution in [2.24, 2.45) is 22.8 Å². The summed E-state index contributed by atoms with van der Waals surface area (Å²) in [7, 11) is 0. The molecule has 0 saturated carbocycles. The van der Waals surface area contributed by atoms with E-state index in [1.165, 1.54) is 18.2 Å². The minimum atomic E-state index is -0.577. The summed E-state index contributed by atoms with van der Waals surface area (Å²) in [6.45, 7) is 6.38. The van der Waals surface area contributed by atoms with Gasteiger partial charge in [-0.1, -0.05) is 32.4 Å². The molecule has 0 aliphatic heterocycles. The summed E-state index contributed by atoms with van der Waals surface area (Å²) in [5.41, 5.74) is 11.5. The van der Waals surface area contributed by atoms with Crippen LogP contribution in [0.15, 0.2) is 18.2 Å². The lowest BCUT2D eigenvalue weighted by atomic mass is 9.84. The van der Waals surface area contributed by atoms with Crippen LogP contribution in [-0.4, -0.2) is 18.4 Å². The van der Waals surface area contributed by atoms with E-state index in [1.807, 2.05) is 20.8 Å². The highest BCUT2D eigenvalue weighted by atomic mass is 35.5. The number of hydrogen-bond donors (Lipinski definition) is 3. The van der Waals surface area contributed by atoms with Gasteiger partial charge in [0.25, 0.3) is 0 Å². The largest absolute Gasteiger partial charge is 0.366 e. The lowest BCUT2D eigenvalue weighted by Crippen LogP contribution is -2.32. The molecule has 0 spiro atoms. The predicted octanol–water partition coefficient (Wildman–Crippen LogP) is 2.39. The second kappa shape index (κ2) is 6.91. The van der Waals surface area contributed by atoms with Crippen LogP contribution in [0.1, 0.15) is 37.6 Å². The van der Waals surface area contributed by atoms with Gasteiger partial charge in [-0.25, -0.2) is 0 Å². The van der Waals surface area contributed by atoms with Gasteiger partial charge in [0, 0.05) is 12.1 Å². The maximum absolute atomic E-state index is 12.3. The van der Waals surface area contributed by atoms with E-state index in [9.17, 15) is 9.59 Å². The summed E-state index contributed by atoms with van der Waals surface area (Å²) in [6.07, 6.45) is 0.655. The Labute approximate surface area is 130 Å². The minimum absolute atomic E-state index is 0.0136. The number of anilines is 1. The number of amides is 2. The summed E-state index contributed by atoms with van der Waals surface area (Å²) >= 11 is 6.03. The molecule has 1 aromatic rings. The van der Waals surface area contributed by atoms with Crippen molar-refractivity contribution in [3.8, 4) is 0 Å². The lowest BCUT2D eigenvalue weighted by molar-refractivity contribution is -0.120. The fourth-order valence-electron chi connectivity index (χ4n) is 2.03. The summed E-state index contributed by atoms with van der Waals surface area (Å²) in [5.74, 6) is -1.11. The van der Waals surface area contributed by atoms with E-state index in [-0.39, 0.29) is 29.3 Å². The van der Waals surface area contributed by atoms with Crippen molar-refractivity contribution >= 4 is 29.1 Å². The molecule has 5 nitrogen and oxygen atoms in total. The summed E-state index contributed by atoms with van der Waals surface area (Å²) < 4.78 is 0. The Morgan fingerprint density at radius 1 is 1.33 bits per heavy atom. The Morgan fingerprint density at radius 3 is 2.43 bits per heavy atom. The number of halogens is 1. The third-order valence-electron chi connectivity index (χ3n) is 3.02. The van der Waals surface area contributed by atoms with Gasteiger partial charge in [-0.3, -0.25) is 9.59 Å². The van der Waals surface area contributed by atoms with Gasteiger partial charge in [-0.15, -0.1) is 0 Å². The topological polar surface area (TPSA) is 98.2 Å². The Kier molecular flexibility index (Phi) is 5.75. The van der Waals surface area contributed by atoms with Crippen molar-refractivity contribution in [1.29, 1.82) is 0 Å². The second-order valence-corrected chi connectivity index (χ2v) is 6.65. The SMILES string of the molecule is CC(C)(C)CC(CN)C(=O)Nc1cc(C(N)=O)ccc1Cl. The Morgan fingerprint density at radius 2 is 1.95 bits per heavy atom. The smallest absolute Gasteiger partial charge is 0.248 e. The minimum Gasteiger partial charge on any atom is -0.366 e. The molecule has 1 aromatic carbocycles. The van der Waals surface area contributed by atoms with Gasteiger partial charge in [0.05, 0.1) is 16.6 Å². The average molecular weight is 312 g/mol. The molecule has 21 heavy (non-hydrogen) atoms. The number of hydrogen-bond acceptors (Lipinski definition) is 3. The number of carbonyl (C=O) groups is 2. The molecule has 116 valence electrons. The molecule has 1 unspecified atom stereocenters. The summed E-state index contributed by atoms with van der Waals surface area (Å²) in [4.78, 5) is 23.5. The highest BCUT2D eigenvalue weighted by Gasteiger charge is 2.24. The van der Waals surface area contributed by atoms with E-state index >= 15 is 0 Å². The molecular formula is C15H22ClN3O2. The van der Waals surface area contributed by atoms with Crippen LogP contribution >= 0.6 is 11.6 Å². The molecule has 0 aromatic heterocycles. The summed E-state index contributed by atoms with van der Waals surface area (Å²) in [6, 6.07) is 4.50. The zero-order valence-electron chi connectivity index (χ0n) is 12.6. The molecule has 1 rings (SSSR count). The van der Waals surface area contributed by atoms with Crippen molar-refractivity contribution in [2.45, 2.75) is 27.2 Å². The van der Waals surface area contributed by atoms with Crippen LogP contribution < -0.4 is 16.8 Å². The Hall–Kier alpha value is -1.59. The first-order valence-corrected chi connectivity index (χ1v) is 7.12. The van der Waals surface area contributed by atoms with Crippen LogP contribution in [0.4, 0.5) is 5.69 Å². The quantitative estimate of drug-likeness (QED) is 0.778. The van der Waals surface area contributed by atoms with Crippen LogP contribution in [0.2, 0.25) is 5.02 Å². The standard InChI is InChI=1S/C15H22ClN3O2/c1-15(2,3)7-10(8-17)14(21)19-12-6-9(13(18)20)4-5-11(12)16/h4-6,10H,7-8,17H2,1-3H3,(H2,18,20)(H,19,21). The number of benzene rings is 1. The maximum Gasteiger partial charge on any atom is 0.248 e. The normalized spacial score (nSPS) is 12.8. The number of rotatable bonds is 5. The molecule has 0 radical (unpaired) electrons. The number of nitrogens with one attached hydrogen (secondary N) is 1. The zero-order chi connectivity index (χ0) is 16.2. The van der Waals surface area contributed by atoms with E-state index < -0.39 is 5.91 Å². The van der Waals surface area contributed by atoms with Crippen molar-refractivity contribution in [3.05, 3.63) is 28.8 Å². The van der Waals surface area contributed by atoms with Crippen molar-refractivity contribution in [3.63, 3.8) is 0 Å². The van der Waals surface area contributed by atoms with Crippen molar-refractivity contribution in [2.75, 3.05) is 11.9 Å². The average Bonchev–Trinajstić information content (AvgIpc) is 2.37. The van der Waals surface area contributed by atoms with E-state index in [0.717, 1.165) is 0 Å². The highest BCUT2D eigenvalue weighted by molar-refractivity contribution is 6.33. The monoisotopic (exact) mass is 311 g/mol. The fraction of sp³-hybridized carbons (Fsp3) is 0.467. The maximum atomic E-state index is 12.3. The number of primary amides is 1. The molecule has 0 heterocycles. The van der Waals surface area contributed by atoms with E-state index in [2.05, 4.69) is 5.32 Å². The van der Waals surface area contributed by atoms with Gasteiger partial charge in [0.15, 0.2) is 0 Å². The second-order valence-electron chi connectivity index (χ2n) is 6.25. The molecule has 0 aliphatic carbocycles. The summed E-state index contributed by atoms with van der Waals surface area (Å²) in [5, 5.41) is 3.07. The van der Waals surface area contributed by atoms with E-state index in [4.69, 9.17) is 23.1 Å². The first-order chi connectivity index (χ1) is 9.64. The van der Waals surface area contributed by atoms with Crippen LogP contribution in [0.5, 0.6) is 0 Å². The zero-order valence-corrected chi connectivity index (χ0v) is 13.3. The van der Waals surface area contributed by atoms with E-state index in [1.54, 1.807) is 0 Å². The number of nitrogens with two attached hydrogens (primary N) is 2. The molecule has 5 N–H and O–H groups in total. The van der Waals surface area contributed by atoms with Gasteiger partial charge < -0.3 is 16.8 Å². The van der Waals surface area contributed by atoms with Gasteiger partial charge in [-0.05, 0) is 30.0 Å². The molecule has 1 atom stereocenters. The Balaban J connectivity index is 2.91. The molecule has 0 aliphatic rings. The van der Waals surface area contributed by atoms with Gasteiger partial charge in [0.2, 0.25) is 11.8 Å². The van der Waals surface area contributed by atoms with Gasteiger partial charge in [-0.2, -0.15) is 0 Å². The molecule has 0 fully saturated rings. The highest BCUT2D eigenvalue weighted by Crippen LogP contribution is 2.27.